The lowest BCUT2D eigenvalue weighted by Crippen LogP contribution is -2.16. The maximum atomic E-state index is 11.1. The van der Waals surface area contributed by atoms with Crippen molar-refractivity contribution < 1.29 is 14.7 Å². The van der Waals surface area contributed by atoms with Gasteiger partial charge in [0.15, 0.2) is 0 Å². The highest BCUT2D eigenvalue weighted by molar-refractivity contribution is 9.10. The van der Waals surface area contributed by atoms with Crippen LogP contribution >= 0.6 is 27.5 Å². The van der Waals surface area contributed by atoms with Crippen LogP contribution in [0, 0.1) is 0 Å². The predicted molar refractivity (Wildman–Crippen MR) is 60.0 cm³/mol. The summed E-state index contributed by atoms with van der Waals surface area (Å²) >= 11 is 9.00. The Hall–Kier alpha value is -1.07. The van der Waals surface area contributed by atoms with E-state index in [0.717, 1.165) is 4.47 Å². The third-order valence-electron chi connectivity index (χ3n) is 1.51. The number of carbonyl (C=O) groups is 2. The standard InChI is InChI=1S/C9H7BrClNO3/c10-5-1-2-6(11)7(3-5)12-8(13)4-9(14)15/h1-3H,4H2,(H,12,13)(H,14,15). The number of halogens is 2. The maximum absolute atomic E-state index is 11.1. The highest BCUT2D eigenvalue weighted by Gasteiger charge is 2.09. The molecule has 15 heavy (non-hydrogen) atoms. The Labute approximate surface area is 99.4 Å². The smallest absolute Gasteiger partial charge is 0.312 e. The molecule has 0 aliphatic carbocycles. The Morgan fingerprint density at radius 2 is 2.13 bits per heavy atom. The minimum absolute atomic E-state index is 0.358. The fourth-order valence-electron chi connectivity index (χ4n) is 0.925. The summed E-state index contributed by atoms with van der Waals surface area (Å²) in [5.74, 6) is -1.79. The van der Waals surface area contributed by atoms with Gasteiger partial charge in [0, 0.05) is 4.47 Å². The molecular formula is C9H7BrClNO3. The molecule has 1 amide bonds. The van der Waals surface area contributed by atoms with Crippen LogP contribution in [0.25, 0.3) is 0 Å². The molecule has 0 heterocycles. The van der Waals surface area contributed by atoms with Gasteiger partial charge in [0.2, 0.25) is 5.91 Å². The average Bonchev–Trinajstić information content (AvgIpc) is 2.10. The fourth-order valence-corrected chi connectivity index (χ4v) is 1.45. The van der Waals surface area contributed by atoms with E-state index in [2.05, 4.69) is 21.2 Å². The maximum Gasteiger partial charge on any atom is 0.312 e. The van der Waals surface area contributed by atoms with Crippen LogP contribution < -0.4 is 5.32 Å². The predicted octanol–water partition coefficient (Wildman–Crippen LogP) is 2.52. The molecule has 0 aromatic heterocycles. The van der Waals surface area contributed by atoms with Crippen molar-refractivity contribution in [1.29, 1.82) is 0 Å². The van der Waals surface area contributed by atoms with E-state index >= 15 is 0 Å². The number of rotatable bonds is 3. The van der Waals surface area contributed by atoms with Crippen molar-refractivity contribution in [2.24, 2.45) is 0 Å². The first-order chi connectivity index (χ1) is 6.99. The summed E-state index contributed by atoms with van der Waals surface area (Å²) < 4.78 is 0.748. The second-order valence-electron chi connectivity index (χ2n) is 2.74. The minimum Gasteiger partial charge on any atom is -0.481 e. The zero-order chi connectivity index (χ0) is 11.4. The zero-order valence-corrected chi connectivity index (χ0v) is 9.80. The molecule has 0 aliphatic rings. The van der Waals surface area contributed by atoms with Crippen molar-refractivity contribution in [2.75, 3.05) is 5.32 Å². The highest BCUT2D eigenvalue weighted by Crippen LogP contribution is 2.25. The van der Waals surface area contributed by atoms with Crippen molar-refractivity contribution in [3.63, 3.8) is 0 Å². The van der Waals surface area contributed by atoms with Gasteiger partial charge in [0.05, 0.1) is 10.7 Å². The first kappa shape index (κ1) is 12.0. The largest absolute Gasteiger partial charge is 0.481 e. The molecule has 0 bridgehead atoms. The van der Waals surface area contributed by atoms with E-state index in [1.807, 2.05) is 0 Å². The second kappa shape index (κ2) is 5.14. The number of amides is 1. The molecule has 1 aromatic carbocycles. The molecule has 6 heteroatoms. The van der Waals surface area contributed by atoms with Crippen LogP contribution in [0.5, 0.6) is 0 Å². The van der Waals surface area contributed by atoms with Crippen LogP contribution in [0.15, 0.2) is 22.7 Å². The summed E-state index contributed by atoms with van der Waals surface area (Å²) in [6.45, 7) is 0. The zero-order valence-electron chi connectivity index (χ0n) is 7.46. The monoisotopic (exact) mass is 291 g/mol. The number of hydrogen-bond acceptors (Lipinski definition) is 2. The third-order valence-corrected chi connectivity index (χ3v) is 2.34. The van der Waals surface area contributed by atoms with Crippen LogP contribution in [0.2, 0.25) is 5.02 Å². The normalized spacial score (nSPS) is 9.73. The molecule has 0 atom stereocenters. The molecular weight excluding hydrogens is 285 g/mol. The molecule has 0 fully saturated rings. The Balaban J connectivity index is 2.76. The Kier molecular flexibility index (Phi) is 4.11. The molecule has 0 saturated heterocycles. The molecule has 0 aliphatic heterocycles. The quantitative estimate of drug-likeness (QED) is 0.841. The van der Waals surface area contributed by atoms with Crippen LogP contribution in [0.3, 0.4) is 0 Å². The van der Waals surface area contributed by atoms with Crippen LogP contribution in [0.4, 0.5) is 5.69 Å². The highest BCUT2D eigenvalue weighted by atomic mass is 79.9. The second-order valence-corrected chi connectivity index (χ2v) is 4.07. The number of carbonyl (C=O) groups excluding carboxylic acids is 1. The summed E-state index contributed by atoms with van der Waals surface area (Å²) in [4.78, 5) is 21.4. The lowest BCUT2D eigenvalue weighted by Gasteiger charge is -2.05. The van der Waals surface area contributed by atoms with Crippen LogP contribution in [0.1, 0.15) is 6.42 Å². The van der Waals surface area contributed by atoms with Gasteiger partial charge in [-0.15, -0.1) is 0 Å². The summed E-state index contributed by atoms with van der Waals surface area (Å²) in [7, 11) is 0. The van der Waals surface area contributed by atoms with Gasteiger partial charge >= 0.3 is 5.97 Å². The molecule has 4 nitrogen and oxygen atoms in total. The Morgan fingerprint density at radius 3 is 2.73 bits per heavy atom. The number of anilines is 1. The lowest BCUT2D eigenvalue weighted by atomic mass is 10.3. The first-order valence-electron chi connectivity index (χ1n) is 3.95. The van der Waals surface area contributed by atoms with Crippen molar-refractivity contribution in [2.45, 2.75) is 6.42 Å². The topological polar surface area (TPSA) is 66.4 Å². The van der Waals surface area contributed by atoms with Gasteiger partial charge in [-0.2, -0.15) is 0 Å². The summed E-state index contributed by atoms with van der Waals surface area (Å²) in [5, 5.41) is 11.1. The first-order valence-corrected chi connectivity index (χ1v) is 5.13. The van der Waals surface area contributed by atoms with Gasteiger partial charge < -0.3 is 10.4 Å². The van der Waals surface area contributed by atoms with Crippen LogP contribution in [-0.2, 0) is 9.59 Å². The number of aliphatic carboxylic acids is 1. The Morgan fingerprint density at radius 1 is 1.47 bits per heavy atom. The van der Waals surface area contributed by atoms with Crippen molar-refractivity contribution >= 4 is 45.1 Å². The van der Waals surface area contributed by atoms with Gasteiger partial charge in [-0.1, -0.05) is 27.5 Å². The van der Waals surface area contributed by atoms with Crippen LogP contribution in [-0.4, -0.2) is 17.0 Å². The minimum atomic E-state index is -1.18. The summed E-state index contributed by atoms with van der Waals surface area (Å²) in [6, 6.07) is 4.92. The van der Waals surface area contributed by atoms with Gasteiger partial charge in [0.25, 0.3) is 0 Å². The molecule has 0 spiro atoms. The number of carboxylic acid groups (broad SMARTS) is 1. The molecule has 0 saturated carbocycles. The van der Waals surface area contributed by atoms with Crippen molar-refractivity contribution in [3.05, 3.63) is 27.7 Å². The van der Waals surface area contributed by atoms with Gasteiger partial charge in [-0.05, 0) is 18.2 Å². The van der Waals surface area contributed by atoms with E-state index in [1.165, 1.54) is 0 Å². The molecule has 1 rings (SSSR count). The fraction of sp³-hybridized carbons (Fsp3) is 0.111. The van der Waals surface area contributed by atoms with E-state index in [0.29, 0.717) is 10.7 Å². The SMILES string of the molecule is O=C(O)CC(=O)Nc1cc(Br)ccc1Cl. The Bertz CT molecular complexity index is 408. The van der Waals surface area contributed by atoms with Crippen molar-refractivity contribution in [1.82, 2.24) is 0 Å². The van der Waals surface area contributed by atoms with E-state index in [-0.39, 0.29) is 0 Å². The molecule has 1 aromatic rings. The molecule has 0 unspecified atom stereocenters. The molecule has 0 radical (unpaired) electrons. The van der Waals surface area contributed by atoms with Gasteiger partial charge in [0.1, 0.15) is 6.42 Å². The number of hydrogen-bond donors (Lipinski definition) is 2. The van der Waals surface area contributed by atoms with Gasteiger partial charge in [-0.3, -0.25) is 9.59 Å². The van der Waals surface area contributed by atoms with E-state index < -0.39 is 18.3 Å². The number of nitrogens with one attached hydrogen (secondary N) is 1. The number of benzene rings is 1. The van der Waals surface area contributed by atoms with Gasteiger partial charge in [-0.25, -0.2) is 0 Å². The summed E-state index contributed by atoms with van der Waals surface area (Å²) in [6.07, 6.45) is -0.581. The number of carboxylic acids is 1. The molecule has 2 N–H and O–H groups in total. The summed E-state index contributed by atoms with van der Waals surface area (Å²) in [5.41, 5.74) is 0.386. The van der Waals surface area contributed by atoms with E-state index in [4.69, 9.17) is 16.7 Å². The van der Waals surface area contributed by atoms with E-state index in [1.54, 1.807) is 18.2 Å². The third kappa shape index (κ3) is 3.89. The average molecular weight is 293 g/mol. The van der Waals surface area contributed by atoms with E-state index in [9.17, 15) is 9.59 Å². The molecule has 80 valence electrons. The lowest BCUT2D eigenvalue weighted by molar-refractivity contribution is -0.139. The van der Waals surface area contributed by atoms with Crippen molar-refractivity contribution in [3.8, 4) is 0 Å².